The van der Waals surface area contributed by atoms with Crippen molar-refractivity contribution in [1.29, 1.82) is 0 Å². The monoisotopic (exact) mass is 446 g/mol. The molecule has 0 radical (unpaired) electrons. The summed E-state index contributed by atoms with van der Waals surface area (Å²) in [5.41, 5.74) is -1.34. The minimum atomic E-state index is -5.06. The molecule has 2 aromatic heterocycles. The number of hydrogen-bond acceptors (Lipinski definition) is 5. The molecule has 1 aromatic carbocycles. The molecule has 0 spiro atoms. The average molecular weight is 447 g/mol. The number of benzene rings is 1. The number of aliphatic hydroxyl groups is 1. The lowest BCUT2D eigenvalue weighted by atomic mass is 9.91. The van der Waals surface area contributed by atoms with Crippen LogP contribution in [-0.2, 0) is 0 Å². The fourth-order valence-corrected chi connectivity index (χ4v) is 2.93. The van der Waals surface area contributed by atoms with Crippen molar-refractivity contribution in [2.24, 2.45) is 0 Å². The quantitative estimate of drug-likeness (QED) is 0.584. The molecule has 7 nitrogen and oxygen atoms in total. The van der Waals surface area contributed by atoms with Crippen LogP contribution in [-0.4, -0.2) is 37.6 Å². The molecule has 2 heterocycles. The molecule has 3 aromatic rings. The Morgan fingerprint density at radius 1 is 1.30 bits per heavy atom. The number of ether oxygens (including phenoxy) is 1. The molecule has 0 unspecified atom stereocenters. The fraction of sp³-hybridized carbons (Fsp3) is 0.278. The lowest BCUT2D eigenvalue weighted by molar-refractivity contribution is -0.275. The highest BCUT2D eigenvalue weighted by Crippen LogP contribution is 2.31. The van der Waals surface area contributed by atoms with Crippen molar-refractivity contribution >= 4 is 23.2 Å². The van der Waals surface area contributed by atoms with Crippen LogP contribution >= 0.6 is 11.6 Å². The normalized spacial score (nSPS) is 13.3. The smallest absolute Gasteiger partial charge is 0.403 e. The van der Waals surface area contributed by atoms with Gasteiger partial charge >= 0.3 is 6.36 Å². The van der Waals surface area contributed by atoms with Gasteiger partial charge in [-0.25, -0.2) is 13.9 Å². The Kier molecular flexibility index (Phi) is 5.61. The van der Waals surface area contributed by atoms with Gasteiger partial charge in [-0.15, -0.1) is 13.2 Å². The number of carbonyl (C=O) groups excluding carboxylic acids is 1. The van der Waals surface area contributed by atoms with Gasteiger partial charge in [0.2, 0.25) is 0 Å². The van der Waals surface area contributed by atoms with E-state index in [0.717, 1.165) is 18.2 Å². The summed E-state index contributed by atoms with van der Waals surface area (Å²) >= 11 is 5.83. The molecule has 0 bridgehead atoms. The standard InChI is InChI=1S/C18H15ClF4N4O3/c1-17(2,29)14(9-3-4-13(12(20)5-9)30-18(21,22)23)26-16(28)11-7-25-27-8-10(19)6-24-15(11)27/h3-8,14,29H,1-2H3,(H,26,28)/t14-/m0/s1. The summed E-state index contributed by atoms with van der Waals surface area (Å²) in [6, 6.07) is 1.45. The minimum Gasteiger partial charge on any atom is -0.403 e. The number of carbonyl (C=O) groups is 1. The lowest BCUT2D eigenvalue weighted by Gasteiger charge is -2.30. The van der Waals surface area contributed by atoms with E-state index in [-0.39, 0.29) is 16.8 Å². The van der Waals surface area contributed by atoms with E-state index in [1.54, 1.807) is 0 Å². The number of rotatable bonds is 5. The summed E-state index contributed by atoms with van der Waals surface area (Å²) < 4.78 is 56.0. The van der Waals surface area contributed by atoms with Crippen molar-refractivity contribution < 1.29 is 32.2 Å². The molecule has 3 rings (SSSR count). The van der Waals surface area contributed by atoms with E-state index in [1.807, 2.05) is 0 Å². The molecule has 160 valence electrons. The highest BCUT2D eigenvalue weighted by Gasteiger charge is 2.34. The van der Waals surface area contributed by atoms with Gasteiger partial charge in [-0.3, -0.25) is 4.79 Å². The largest absolute Gasteiger partial charge is 0.573 e. The Balaban J connectivity index is 1.91. The highest BCUT2D eigenvalue weighted by atomic mass is 35.5. The number of alkyl halides is 3. The topological polar surface area (TPSA) is 88.8 Å². The lowest BCUT2D eigenvalue weighted by Crippen LogP contribution is -2.42. The maximum Gasteiger partial charge on any atom is 0.573 e. The zero-order valence-corrected chi connectivity index (χ0v) is 16.3. The van der Waals surface area contributed by atoms with Crippen LogP contribution in [0.4, 0.5) is 17.6 Å². The summed E-state index contributed by atoms with van der Waals surface area (Å²) in [5, 5.41) is 17.3. The molecule has 1 atom stereocenters. The van der Waals surface area contributed by atoms with Gasteiger partial charge in [-0.2, -0.15) is 5.10 Å². The van der Waals surface area contributed by atoms with Crippen molar-refractivity contribution in [3.8, 4) is 5.75 Å². The Morgan fingerprint density at radius 2 is 2.00 bits per heavy atom. The van der Waals surface area contributed by atoms with E-state index in [4.69, 9.17) is 11.6 Å². The van der Waals surface area contributed by atoms with Gasteiger partial charge in [0.1, 0.15) is 5.56 Å². The molecular formula is C18H15ClF4N4O3. The first-order valence-corrected chi connectivity index (χ1v) is 8.80. The summed E-state index contributed by atoms with van der Waals surface area (Å²) in [6.45, 7) is 2.70. The zero-order chi connectivity index (χ0) is 22.3. The van der Waals surface area contributed by atoms with Crippen LogP contribution in [0.2, 0.25) is 5.02 Å². The van der Waals surface area contributed by atoms with Crippen molar-refractivity contribution in [1.82, 2.24) is 19.9 Å². The Morgan fingerprint density at radius 3 is 2.60 bits per heavy atom. The Labute approximate surface area is 172 Å². The second-order valence-corrected chi connectivity index (χ2v) is 7.33. The summed E-state index contributed by atoms with van der Waals surface area (Å²) in [4.78, 5) is 16.8. The first-order chi connectivity index (χ1) is 13.8. The van der Waals surface area contributed by atoms with Crippen molar-refractivity contribution in [2.75, 3.05) is 0 Å². The summed E-state index contributed by atoms with van der Waals surface area (Å²) in [7, 11) is 0. The first kappa shape index (κ1) is 21.8. The van der Waals surface area contributed by atoms with Gasteiger partial charge in [0.05, 0.1) is 29.1 Å². The number of amides is 1. The molecule has 0 saturated carbocycles. The molecule has 0 aliphatic carbocycles. The van der Waals surface area contributed by atoms with Crippen LogP contribution in [0.3, 0.4) is 0 Å². The molecule has 12 heteroatoms. The third-order valence-corrected chi connectivity index (χ3v) is 4.26. The number of nitrogens with zero attached hydrogens (tertiary/aromatic N) is 3. The van der Waals surface area contributed by atoms with E-state index in [0.29, 0.717) is 5.02 Å². The SMILES string of the molecule is CC(C)(O)[C@@H](NC(=O)c1cnn2cc(Cl)cnc12)c1ccc(OC(F)(F)F)c(F)c1. The van der Waals surface area contributed by atoms with E-state index < -0.39 is 35.5 Å². The predicted molar refractivity (Wildman–Crippen MR) is 97.6 cm³/mol. The molecule has 0 aliphatic rings. The number of halogens is 5. The molecule has 30 heavy (non-hydrogen) atoms. The minimum absolute atomic E-state index is 0.0235. The average Bonchev–Trinajstić information content (AvgIpc) is 3.02. The maximum atomic E-state index is 14.1. The van der Waals surface area contributed by atoms with Gasteiger partial charge in [0.25, 0.3) is 5.91 Å². The van der Waals surface area contributed by atoms with E-state index >= 15 is 0 Å². The van der Waals surface area contributed by atoms with Crippen LogP contribution in [0.15, 0.2) is 36.8 Å². The fourth-order valence-electron chi connectivity index (χ4n) is 2.79. The van der Waals surface area contributed by atoms with Crippen LogP contribution in [0.25, 0.3) is 5.65 Å². The van der Waals surface area contributed by atoms with Crippen LogP contribution in [0.5, 0.6) is 5.75 Å². The Hall–Kier alpha value is -2.92. The zero-order valence-electron chi connectivity index (χ0n) is 15.5. The van der Waals surface area contributed by atoms with E-state index in [1.165, 1.54) is 37.0 Å². The van der Waals surface area contributed by atoms with E-state index in [9.17, 15) is 27.5 Å². The first-order valence-electron chi connectivity index (χ1n) is 8.42. The predicted octanol–water partition coefficient (Wildman–Crippen LogP) is 3.66. The second kappa shape index (κ2) is 7.73. The number of nitrogens with one attached hydrogen (secondary N) is 1. The molecule has 0 saturated heterocycles. The van der Waals surface area contributed by atoms with Gasteiger partial charge in [-0.05, 0) is 31.5 Å². The number of hydrogen-bond donors (Lipinski definition) is 2. The third kappa shape index (κ3) is 4.79. The number of fused-ring (bicyclic) bond motifs is 1. The second-order valence-electron chi connectivity index (χ2n) is 6.90. The third-order valence-electron chi connectivity index (χ3n) is 4.07. The molecule has 0 aliphatic heterocycles. The molecule has 0 fully saturated rings. The van der Waals surface area contributed by atoms with Gasteiger partial charge in [0.15, 0.2) is 17.2 Å². The van der Waals surface area contributed by atoms with Crippen molar-refractivity contribution in [2.45, 2.75) is 31.9 Å². The van der Waals surface area contributed by atoms with Crippen molar-refractivity contribution in [3.05, 3.63) is 58.8 Å². The Bertz CT molecular complexity index is 1100. The molecular weight excluding hydrogens is 432 g/mol. The van der Waals surface area contributed by atoms with Gasteiger partial charge in [0, 0.05) is 6.20 Å². The van der Waals surface area contributed by atoms with E-state index in [2.05, 4.69) is 20.1 Å². The number of aromatic nitrogens is 3. The van der Waals surface area contributed by atoms with Crippen molar-refractivity contribution in [3.63, 3.8) is 0 Å². The summed E-state index contributed by atoms with van der Waals surface area (Å²) in [6.07, 6.45) is -1.08. The van der Waals surface area contributed by atoms with Crippen LogP contribution in [0, 0.1) is 5.82 Å². The van der Waals surface area contributed by atoms with Crippen LogP contribution < -0.4 is 10.1 Å². The summed E-state index contributed by atoms with van der Waals surface area (Å²) in [5.74, 6) is -3.03. The van der Waals surface area contributed by atoms with Gasteiger partial charge < -0.3 is 15.2 Å². The van der Waals surface area contributed by atoms with Gasteiger partial charge in [-0.1, -0.05) is 17.7 Å². The van der Waals surface area contributed by atoms with Crippen LogP contribution in [0.1, 0.15) is 35.8 Å². The molecule has 2 N–H and O–H groups in total. The molecule has 1 amide bonds. The maximum absolute atomic E-state index is 14.1. The highest BCUT2D eigenvalue weighted by molar-refractivity contribution is 6.30.